The fourth-order valence-electron chi connectivity index (χ4n) is 0. The molecule has 8 heavy (non-hydrogen) atoms. The van der Waals surface area contributed by atoms with E-state index in [1.54, 1.807) is 0 Å². The largest absolute Gasteiger partial charge is 2.00 e. The fraction of sp³-hybridized carbons (Fsp3) is 0. The Balaban J connectivity index is -0.0000000267. The molecule has 0 amide bonds. The summed E-state index contributed by atoms with van der Waals surface area (Å²) in [4.78, 5) is 0. The quantitative estimate of drug-likeness (QED) is 0.250. The van der Waals surface area contributed by atoms with Crippen LogP contribution in [-0.4, -0.2) is 71.9 Å². The van der Waals surface area contributed by atoms with Gasteiger partial charge in [-0.2, -0.15) is 0 Å². The second-order valence-corrected chi connectivity index (χ2v) is 1.22. The van der Waals surface area contributed by atoms with Gasteiger partial charge in [0.05, 0.1) is 0 Å². The normalized spacial score (nSPS) is 7.25. The van der Waals surface area contributed by atoms with Crippen molar-refractivity contribution in [3.63, 3.8) is 0 Å². The smallest absolute Gasteiger partial charge is 0.870 e. The number of rotatable bonds is 0. The summed E-state index contributed by atoms with van der Waals surface area (Å²) in [6.45, 7) is 0. The first-order chi connectivity index (χ1) is 2.00. The van der Waals surface area contributed by atoms with Gasteiger partial charge in [-0.3, -0.25) is 8.42 Å². The Bertz CT molecular complexity index is 95.6. The third kappa shape index (κ3) is 79.8. The summed E-state index contributed by atoms with van der Waals surface area (Å²) >= 11 is 0. The van der Waals surface area contributed by atoms with E-state index in [4.69, 9.17) is 17.5 Å². The molecule has 0 radical (unpaired) electrons. The van der Waals surface area contributed by atoms with Crippen molar-refractivity contribution in [2.45, 2.75) is 0 Å². The van der Waals surface area contributed by atoms with E-state index in [9.17, 15) is 0 Å². The van der Waals surface area contributed by atoms with Gasteiger partial charge >= 0.3 is 78.4 Å². The van der Waals surface area contributed by atoms with E-state index in [0.29, 0.717) is 0 Å². The van der Waals surface area contributed by atoms with Gasteiger partial charge in [0.2, 0.25) is 0 Å². The fourth-order valence-corrected chi connectivity index (χ4v) is 0. The zero-order valence-electron chi connectivity index (χ0n) is 4.20. The maximum atomic E-state index is 8.52. The molecule has 0 aliphatic carbocycles. The Morgan fingerprint density at radius 3 is 1.12 bits per heavy atom. The van der Waals surface area contributed by atoms with Gasteiger partial charge in [-0.15, -0.1) is 0 Å². The van der Waals surface area contributed by atoms with Crippen LogP contribution in [0.4, 0.5) is 0 Å². The summed E-state index contributed by atoms with van der Waals surface area (Å²) in [7, 11) is -5.17. The van der Waals surface area contributed by atoms with Crippen LogP contribution in [0.25, 0.3) is 0 Å². The van der Waals surface area contributed by atoms with E-state index < -0.39 is 10.4 Å². The molecule has 40 valence electrons. The summed E-state index contributed by atoms with van der Waals surface area (Å²) in [5.41, 5.74) is 0. The SMILES string of the molecule is O=S(=O)([O-])[O-].[Ba+2].[Na+].[OH-]. The van der Waals surface area contributed by atoms with Crippen LogP contribution >= 0.6 is 0 Å². The molecule has 0 aliphatic heterocycles. The third-order valence-corrected chi connectivity index (χ3v) is 0. The van der Waals surface area contributed by atoms with Crippen LogP contribution < -0.4 is 29.6 Å². The average molecular weight is 273 g/mol. The van der Waals surface area contributed by atoms with Crippen molar-refractivity contribution in [3.8, 4) is 0 Å². The van der Waals surface area contributed by atoms with Gasteiger partial charge < -0.3 is 14.6 Å². The minimum atomic E-state index is -5.17. The Hall–Kier alpha value is 2.40. The molecule has 0 heterocycles. The maximum absolute atomic E-state index is 8.52. The topological polar surface area (TPSA) is 110 Å². The minimum Gasteiger partial charge on any atom is -0.870 e. The summed E-state index contributed by atoms with van der Waals surface area (Å²) in [6, 6.07) is 0. The molecule has 0 aromatic carbocycles. The van der Waals surface area contributed by atoms with Crippen LogP contribution in [0.15, 0.2) is 0 Å². The average Bonchev–Trinajstić information content (AvgIpc) is 0.722. The second-order valence-electron chi connectivity index (χ2n) is 0.408. The summed E-state index contributed by atoms with van der Waals surface area (Å²) in [5.74, 6) is 0. The van der Waals surface area contributed by atoms with Crippen molar-refractivity contribution >= 4 is 59.3 Å². The summed E-state index contributed by atoms with van der Waals surface area (Å²) in [6.07, 6.45) is 0. The van der Waals surface area contributed by atoms with Crippen LogP contribution in [0, 0.1) is 0 Å². The molecule has 0 aliphatic rings. The molecule has 0 atom stereocenters. The van der Waals surface area contributed by atoms with Gasteiger partial charge in [-0.25, -0.2) is 0 Å². The Kier molecular flexibility index (Phi) is 26.4. The number of hydrogen-bond acceptors (Lipinski definition) is 5. The molecular formula is HBaNaO5S. The van der Waals surface area contributed by atoms with Gasteiger partial charge in [0.15, 0.2) is 0 Å². The van der Waals surface area contributed by atoms with Gasteiger partial charge in [0.25, 0.3) is 0 Å². The first kappa shape index (κ1) is 22.4. The van der Waals surface area contributed by atoms with Crippen molar-refractivity contribution in [3.05, 3.63) is 0 Å². The second kappa shape index (κ2) is 9.40. The van der Waals surface area contributed by atoms with Crippen LogP contribution in [0.5, 0.6) is 0 Å². The molecule has 0 fully saturated rings. The molecule has 1 N–H and O–H groups in total. The van der Waals surface area contributed by atoms with Crippen LogP contribution in [0.2, 0.25) is 0 Å². The van der Waals surface area contributed by atoms with E-state index in [0.717, 1.165) is 0 Å². The van der Waals surface area contributed by atoms with Gasteiger partial charge in [-0.05, 0) is 0 Å². The molecule has 0 unspecified atom stereocenters. The van der Waals surface area contributed by atoms with Crippen molar-refractivity contribution in [2.24, 2.45) is 0 Å². The molecule has 0 aromatic heterocycles. The predicted octanol–water partition coefficient (Wildman–Crippen LogP) is -4.89. The summed E-state index contributed by atoms with van der Waals surface area (Å²) in [5, 5.41) is 0. The van der Waals surface area contributed by atoms with Gasteiger partial charge in [0.1, 0.15) is 0 Å². The third-order valence-electron chi connectivity index (χ3n) is 0. The predicted molar refractivity (Wildman–Crippen MR) is 18.2 cm³/mol. The maximum Gasteiger partial charge on any atom is 2.00 e. The van der Waals surface area contributed by atoms with Gasteiger partial charge in [-0.1, -0.05) is 0 Å². The van der Waals surface area contributed by atoms with Crippen LogP contribution in [0.1, 0.15) is 0 Å². The number of hydrogen-bond donors (Lipinski definition) is 0. The molecule has 0 saturated heterocycles. The van der Waals surface area contributed by atoms with E-state index in [2.05, 4.69) is 0 Å². The first-order valence-electron chi connectivity index (χ1n) is 0.667. The van der Waals surface area contributed by atoms with E-state index in [1.165, 1.54) is 0 Å². The van der Waals surface area contributed by atoms with E-state index >= 15 is 0 Å². The Morgan fingerprint density at radius 1 is 1.12 bits per heavy atom. The van der Waals surface area contributed by atoms with Crippen molar-refractivity contribution in [1.82, 2.24) is 0 Å². The zero-order valence-corrected chi connectivity index (χ0v) is 11.5. The molecular weight excluding hydrogens is 272 g/mol. The first-order valence-corrected chi connectivity index (χ1v) is 2.00. The summed E-state index contributed by atoms with van der Waals surface area (Å²) < 4.78 is 34.1. The zero-order chi connectivity index (χ0) is 4.50. The Labute approximate surface area is 109 Å². The molecule has 0 spiro atoms. The molecule has 0 rings (SSSR count). The van der Waals surface area contributed by atoms with Crippen LogP contribution in [0.3, 0.4) is 0 Å². The van der Waals surface area contributed by atoms with Crippen molar-refractivity contribution < 1.29 is 52.6 Å². The van der Waals surface area contributed by atoms with Crippen molar-refractivity contribution in [2.75, 3.05) is 0 Å². The molecule has 0 bridgehead atoms. The molecule has 5 nitrogen and oxygen atoms in total. The van der Waals surface area contributed by atoms with Gasteiger partial charge in [0, 0.05) is 10.4 Å². The monoisotopic (exact) mass is 274 g/mol. The van der Waals surface area contributed by atoms with Crippen LogP contribution in [-0.2, 0) is 10.4 Å². The van der Waals surface area contributed by atoms with E-state index in [-0.39, 0.29) is 83.9 Å². The van der Waals surface area contributed by atoms with Crippen molar-refractivity contribution in [1.29, 1.82) is 0 Å². The Morgan fingerprint density at radius 2 is 1.12 bits per heavy atom. The molecule has 0 aromatic rings. The molecule has 8 heteroatoms. The van der Waals surface area contributed by atoms with E-state index in [1.807, 2.05) is 0 Å². The minimum absolute atomic E-state index is 0. The molecule has 0 saturated carbocycles. The standard InChI is InChI=1S/Ba.Na.H2O4S.H2O/c;;1-5(2,3)4;/h;;(H2,1,2,3,4);1H2/q+2;+1;;/p-3.